The van der Waals surface area contributed by atoms with Crippen molar-refractivity contribution in [1.29, 1.82) is 5.26 Å². The number of hydrogen-bond donors (Lipinski definition) is 1. The predicted octanol–water partition coefficient (Wildman–Crippen LogP) is 2.77. The van der Waals surface area contributed by atoms with Gasteiger partial charge in [0.2, 0.25) is 5.91 Å². The third-order valence-corrected chi connectivity index (χ3v) is 5.55. The van der Waals surface area contributed by atoms with Gasteiger partial charge in [-0.3, -0.25) is 24.6 Å². The first-order valence-electron chi connectivity index (χ1n) is 8.61. The van der Waals surface area contributed by atoms with Gasteiger partial charge in [0.05, 0.1) is 10.2 Å². The summed E-state index contributed by atoms with van der Waals surface area (Å²) in [5.41, 5.74) is 0.948. The number of carbonyl (C=O) groups is 2. The van der Waals surface area contributed by atoms with Gasteiger partial charge in [-0.05, 0) is 24.1 Å². The Morgan fingerprint density at radius 2 is 2.00 bits per heavy atom. The maximum absolute atomic E-state index is 13.2. The largest absolute Gasteiger partial charge is 0.354 e. The number of thioether (sulfide) groups is 1. The number of nitrogens with zero attached hydrogens (tertiary/aromatic N) is 3. The van der Waals surface area contributed by atoms with E-state index >= 15 is 0 Å². The van der Waals surface area contributed by atoms with Gasteiger partial charge >= 0.3 is 0 Å². The molecule has 0 saturated carbocycles. The molecule has 1 N–H and O–H groups in total. The van der Waals surface area contributed by atoms with E-state index in [1.165, 1.54) is 24.1 Å². The van der Waals surface area contributed by atoms with Crippen LogP contribution in [-0.2, 0) is 16.0 Å². The third-order valence-electron chi connectivity index (χ3n) is 4.29. The van der Waals surface area contributed by atoms with Crippen molar-refractivity contribution < 1.29 is 14.5 Å². The molecule has 9 heteroatoms. The summed E-state index contributed by atoms with van der Waals surface area (Å²) in [4.78, 5) is 37.2. The third kappa shape index (κ3) is 4.12. The number of carbonyl (C=O) groups excluding carboxylic acids is 2. The van der Waals surface area contributed by atoms with Crippen molar-refractivity contribution in [2.24, 2.45) is 0 Å². The normalized spacial score (nSPS) is 17.6. The number of anilines is 1. The summed E-state index contributed by atoms with van der Waals surface area (Å²) in [6.07, 6.45) is 0.227. The molecule has 1 aliphatic rings. The van der Waals surface area contributed by atoms with Gasteiger partial charge in [-0.1, -0.05) is 42.1 Å². The Hall–Kier alpha value is -3.64. The SMILES string of the molecule is CNC(=O)/C(C#N)=C1/SC(Cc2cccc([N+](=O)[O-])c2)C(=O)N1c1ccccc1. The van der Waals surface area contributed by atoms with Crippen LogP contribution < -0.4 is 10.2 Å². The van der Waals surface area contributed by atoms with Crippen LogP contribution in [0.5, 0.6) is 0 Å². The zero-order chi connectivity index (χ0) is 21.0. The van der Waals surface area contributed by atoms with E-state index in [-0.39, 0.29) is 28.6 Å². The van der Waals surface area contributed by atoms with Gasteiger partial charge in [0.25, 0.3) is 11.6 Å². The Morgan fingerprint density at radius 3 is 2.62 bits per heavy atom. The molecule has 0 radical (unpaired) electrons. The van der Waals surface area contributed by atoms with Crippen LogP contribution in [0.2, 0.25) is 0 Å². The van der Waals surface area contributed by atoms with Crippen molar-refractivity contribution in [3.63, 3.8) is 0 Å². The van der Waals surface area contributed by atoms with Crippen LogP contribution in [0, 0.1) is 21.4 Å². The van der Waals surface area contributed by atoms with E-state index in [2.05, 4.69) is 5.32 Å². The number of nitro benzene ring substituents is 1. The number of amides is 2. The number of rotatable bonds is 5. The maximum atomic E-state index is 13.2. The van der Waals surface area contributed by atoms with Crippen LogP contribution in [0.25, 0.3) is 0 Å². The second-order valence-electron chi connectivity index (χ2n) is 6.12. The highest BCUT2D eigenvalue weighted by Gasteiger charge is 2.40. The molecule has 2 aromatic carbocycles. The van der Waals surface area contributed by atoms with Crippen LogP contribution in [-0.4, -0.2) is 29.0 Å². The number of nitro groups is 1. The number of para-hydroxylation sites is 1. The number of likely N-dealkylation sites (N-methyl/N-ethyl adjacent to an activating group) is 1. The Bertz CT molecular complexity index is 1050. The van der Waals surface area contributed by atoms with Crippen LogP contribution >= 0.6 is 11.8 Å². The first-order chi connectivity index (χ1) is 14.0. The van der Waals surface area contributed by atoms with Crippen LogP contribution in [0.15, 0.2) is 65.2 Å². The van der Waals surface area contributed by atoms with E-state index in [9.17, 15) is 25.0 Å². The van der Waals surface area contributed by atoms with Crippen molar-refractivity contribution in [2.75, 3.05) is 11.9 Å². The van der Waals surface area contributed by atoms with E-state index in [0.29, 0.717) is 11.3 Å². The lowest BCUT2D eigenvalue weighted by atomic mass is 10.1. The molecule has 3 rings (SSSR count). The highest BCUT2D eigenvalue weighted by molar-refractivity contribution is 8.05. The smallest absolute Gasteiger partial charge is 0.269 e. The summed E-state index contributed by atoms with van der Waals surface area (Å²) in [7, 11) is 1.41. The average molecular weight is 408 g/mol. The summed E-state index contributed by atoms with van der Waals surface area (Å²) in [6, 6.07) is 16.7. The molecular formula is C20H16N4O4S. The molecule has 0 aliphatic carbocycles. The number of nitriles is 1. The first-order valence-corrected chi connectivity index (χ1v) is 9.49. The fourth-order valence-electron chi connectivity index (χ4n) is 2.93. The Labute approximate surface area is 171 Å². The number of nitrogens with one attached hydrogen (secondary N) is 1. The standard InChI is InChI=1S/C20H16N4O4S/c1-22-18(25)16(12-21)20-23(14-7-3-2-4-8-14)19(26)17(29-20)11-13-6-5-9-15(10-13)24(27)28/h2-10,17H,11H2,1H3,(H,22,25)/b20-16+. The van der Waals surface area contributed by atoms with Crippen molar-refractivity contribution >= 4 is 35.0 Å². The van der Waals surface area contributed by atoms with Crippen LogP contribution in [0.3, 0.4) is 0 Å². The number of non-ortho nitro benzene ring substituents is 1. The van der Waals surface area contributed by atoms with Gasteiger partial charge in [-0.2, -0.15) is 5.26 Å². The summed E-state index contributed by atoms with van der Waals surface area (Å²) in [5.74, 6) is -0.876. The van der Waals surface area contributed by atoms with Crippen molar-refractivity contribution in [2.45, 2.75) is 11.7 Å². The number of benzene rings is 2. The van der Waals surface area contributed by atoms with E-state index < -0.39 is 16.1 Å². The van der Waals surface area contributed by atoms with Gasteiger partial charge in [0.1, 0.15) is 16.7 Å². The predicted molar refractivity (Wildman–Crippen MR) is 109 cm³/mol. The summed E-state index contributed by atoms with van der Waals surface area (Å²) < 4.78 is 0. The van der Waals surface area contributed by atoms with Gasteiger partial charge in [-0.15, -0.1) is 0 Å². The molecule has 1 atom stereocenters. The molecule has 1 aliphatic heterocycles. The molecule has 0 bridgehead atoms. The monoisotopic (exact) mass is 408 g/mol. The molecule has 1 unspecified atom stereocenters. The second-order valence-corrected chi connectivity index (χ2v) is 7.31. The van der Waals surface area contributed by atoms with Crippen LogP contribution in [0.1, 0.15) is 5.56 Å². The molecule has 1 saturated heterocycles. The first kappa shape index (κ1) is 20.1. The van der Waals surface area contributed by atoms with Crippen molar-refractivity contribution in [3.8, 4) is 6.07 Å². The van der Waals surface area contributed by atoms with E-state index in [4.69, 9.17) is 0 Å². The van der Waals surface area contributed by atoms with Gasteiger partial charge < -0.3 is 5.32 Å². The lowest BCUT2D eigenvalue weighted by molar-refractivity contribution is -0.384. The minimum absolute atomic E-state index is 0.0586. The molecule has 1 heterocycles. The van der Waals surface area contributed by atoms with E-state index in [0.717, 1.165) is 11.8 Å². The van der Waals surface area contributed by atoms with Gasteiger partial charge in [0.15, 0.2) is 0 Å². The molecule has 146 valence electrons. The van der Waals surface area contributed by atoms with Gasteiger partial charge in [-0.25, -0.2) is 0 Å². The minimum atomic E-state index is -0.625. The van der Waals surface area contributed by atoms with E-state index in [1.54, 1.807) is 42.5 Å². The molecule has 2 amide bonds. The highest BCUT2D eigenvalue weighted by atomic mass is 32.2. The lowest BCUT2D eigenvalue weighted by Crippen LogP contribution is -2.31. The molecule has 0 aromatic heterocycles. The molecule has 2 aromatic rings. The topological polar surface area (TPSA) is 116 Å². The lowest BCUT2D eigenvalue weighted by Gasteiger charge is -2.18. The highest BCUT2D eigenvalue weighted by Crippen LogP contribution is 2.41. The molecule has 0 spiro atoms. The quantitative estimate of drug-likeness (QED) is 0.352. The minimum Gasteiger partial charge on any atom is -0.354 e. The zero-order valence-corrected chi connectivity index (χ0v) is 16.2. The van der Waals surface area contributed by atoms with Gasteiger partial charge in [0, 0.05) is 24.9 Å². The molecule has 29 heavy (non-hydrogen) atoms. The molecule has 1 fully saturated rings. The molecule has 8 nitrogen and oxygen atoms in total. The van der Waals surface area contributed by atoms with Crippen LogP contribution in [0.4, 0.5) is 11.4 Å². The summed E-state index contributed by atoms with van der Waals surface area (Å²) in [6.45, 7) is 0. The molecular weight excluding hydrogens is 392 g/mol. The summed E-state index contributed by atoms with van der Waals surface area (Å²) >= 11 is 1.11. The Morgan fingerprint density at radius 1 is 1.28 bits per heavy atom. The zero-order valence-electron chi connectivity index (χ0n) is 15.4. The summed E-state index contributed by atoms with van der Waals surface area (Å²) in [5, 5.41) is 22.6. The van der Waals surface area contributed by atoms with E-state index in [1.807, 2.05) is 6.07 Å². The second kappa shape index (κ2) is 8.58. The Balaban J connectivity index is 2.02. The van der Waals surface area contributed by atoms with Crippen molar-refractivity contribution in [3.05, 3.63) is 80.9 Å². The fraction of sp³-hybridized carbons (Fsp3) is 0.150. The maximum Gasteiger partial charge on any atom is 0.269 e. The van der Waals surface area contributed by atoms with Crippen molar-refractivity contribution in [1.82, 2.24) is 5.32 Å². The fourth-order valence-corrected chi connectivity index (χ4v) is 4.24. The average Bonchev–Trinajstić information content (AvgIpc) is 3.05. The number of hydrogen-bond acceptors (Lipinski definition) is 6. The Kier molecular flexibility index (Phi) is 5.95.